The van der Waals surface area contributed by atoms with Crippen molar-refractivity contribution in [1.82, 2.24) is 10.3 Å². The molecule has 106 valence electrons. The van der Waals surface area contributed by atoms with Gasteiger partial charge in [-0.15, -0.1) is 0 Å². The van der Waals surface area contributed by atoms with E-state index >= 15 is 0 Å². The van der Waals surface area contributed by atoms with Crippen molar-refractivity contribution in [2.45, 2.75) is 13.0 Å². The summed E-state index contributed by atoms with van der Waals surface area (Å²) in [5, 5.41) is 12.4. The quantitative estimate of drug-likeness (QED) is 0.836. The molecule has 2 heterocycles. The predicted octanol–water partition coefficient (Wildman–Crippen LogP) is 1.54. The Morgan fingerprint density at radius 2 is 2.35 bits per heavy atom. The van der Waals surface area contributed by atoms with Crippen molar-refractivity contribution in [3.63, 3.8) is 0 Å². The van der Waals surface area contributed by atoms with E-state index in [0.717, 1.165) is 0 Å². The first-order valence-corrected chi connectivity index (χ1v) is 6.30. The summed E-state index contributed by atoms with van der Waals surface area (Å²) in [6, 6.07) is 6.59. The number of carbonyl (C=O) groups excluding carboxylic acids is 1. The number of furan rings is 1. The molecular weight excluding hydrogens is 260 g/mol. The second kappa shape index (κ2) is 6.72. The Hall–Kier alpha value is -2.34. The Labute approximate surface area is 116 Å². The van der Waals surface area contributed by atoms with Gasteiger partial charge < -0.3 is 19.6 Å². The number of nitrogens with one attached hydrogen (secondary N) is 1. The molecule has 0 aromatic carbocycles. The van der Waals surface area contributed by atoms with Crippen molar-refractivity contribution in [2.75, 3.05) is 13.2 Å². The van der Waals surface area contributed by atoms with E-state index in [9.17, 15) is 9.90 Å². The van der Waals surface area contributed by atoms with E-state index in [0.29, 0.717) is 17.9 Å². The standard InChI is InChI=1S/C14H16N2O4/c1-2-19-14-10(5-3-7-15-14)13(18)16-9-11(17)12-6-4-8-20-12/h3-8,11,17H,2,9H2,1H3,(H,16,18). The van der Waals surface area contributed by atoms with Crippen LogP contribution in [0.5, 0.6) is 5.88 Å². The van der Waals surface area contributed by atoms with Crippen LogP contribution in [-0.2, 0) is 0 Å². The van der Waals surface area contributed by atoms with Gasteiger partial charge in [-0.25, -0.2) is 4.98 Å². The number of hydrogen-bond acceptors (Lipinski definition) is 5. The average Bonchev–Trinajstić information content (AvgIpc) is 2.99. The van der Waals surface area contributed by atoms with Crippen LogP contribution in [-0.4, -0.2) is 29.1 Å². The minimum absolute atomic E-state index is 0.0484. The molecule has 0 spiro atoms. The fourth-order valence-corrected chi connectivity index (χ4v) is 1.68. The average molecular weight is 276 g/mol. The van der Waals surface area contributed by atoms with Gasteiger partial charge in [0.15, 0.2) is 0 Å². The van der Waals surface area contributed by atoms with E-state index in [1.165, 1.54) is 6.26 Å². The van der Waals surface area contributed by atoms with Crippen molar-refractivity contribution in [2.24, 2.45) is 0 Å². The number of hydrogen-bond donors (Lipinski definition) is 2. The Bertz CT molecular complexity index is 554. The lowest BCUT2D eigenvalue weighted by Crippen LogP contribution is -2.28. The van der Waals surface area contributed by atoms with Gasteiger partial charge in [0, 0.05) is 6.20 Å². The highest BCUT2D eigenvalue weighted by Gasteiger charge is 2.16. The number of aliphatic hydroxyl groups excluding tert-OH is 1. The third-order valence-electron chi connectivity index (χ3n) is 2.62. The number of aliphatic hydroxyl groups is 1. The highest BCUT2D eigenvalue weighted by molar-refractivity contribution is 5.96. The highest BCUT2D eigenvalue weighted by Crippen LogP contribution is 2.15. The number of carbonyl (C=O) groups is 1. The lowest BCUT2D eigenvalue weighted by Gasteiger charge is -2.11. The summed E-state index contributed by atoms with van der Waals surface area (Å²) in [5.74, 6) is 0.327. The van der Waals surface area contributed by atoms with Crippen molar-refractivity contribution in [1.29, 1.82) is 0 Å². The summed E-state index contributed by atoms with van der Waals surface area (Å²) in [4.78, 5) is 16.0. The molecule has 2 N–H and O–H groups in total. The largest absolute Gasteiger partial charge is 0.477 e. The molecule has 20 heavy (non-hydrogen) atoms. The highest BCUT2D eigenvalue weighted by atomic mass is 16.5. The molecule has 2 rings (SSSR count). The Balaban J connectivity index is 1.98. The second-order valence-electron chi connectivity index (χ2n) is 4.03. The Morgan fingerprint density at radius 3 is 3.05 bits per heavy atom. The Morgan fingerprint density at radius 1 is 1.50 bits per heavy atom. The lowest BCUT2D eigenvalue weighted by atomic mass is 10.2. The zero-order valence-corrected chi connectivity index (χ0v) is 11.1. The molecule has 0 saturated carbocycles. The number of pyridine rings is 1. The van der Waals surface area contributed by atoms with Gasteiger partial charge in [0.2, 0.25) is 5.88 Å². The van der Waals surface area contributed by atoms with Gasteiger partial charge in [0.25, 0.3) is 5.91 Å². The summed E-state index contributed by atoms with van der Waals surface area (Å²) >= 11 is 0. The first-order chi connectivity index (χ1) is 9.72. The number of nitrogens with zero attached hydrogens (tertiary/aromatic N) is 1. The van der Waals surface area contributed by atoms with Crippen LogP contribution in [0.1, 0.15) is 29.1 Å². The summed E-state index contributed by atoms with van der Waals surface area (Å²) in [6.07, 6.45) is 2.13. The van der Waals surface area contributed by atoms with Crippen molar-refractivity contribution in [3.05, 3.63) is 48.0 Å². The molecule has 6 nitrogen and oxygen atoms in total. The van der Waals surface area contributed by atoms with E-state index in [-0.39, 0.29) is 18.3 Å². The number of ether oxygens (including phenoxy) is 1. The van der Waals surface area contributed by atoms with Crippen LogP contribution < -0.4 is 10.1 Å². The van der Waals surface area contributed by atoms with Crippen molar-refractivity contribution >= 4 is 5.91 Å². The van der Waals surface area contributed by atoms with E-state index in [4.69, 9.17) is 9.15 Å². The third kappa shape index (κ3) is 3.36. The van der Waals surface area contributed by atoms with Crippen molar-refractivity contribution in [3.8, 4) is 5.88 Å². The lowest BCUT2D eigenvalue weighted by molar-refractivity contribution is 0.0896. The van der Waals surface area contributed by atoms with E-state index in [1.807, 2.05) is 6.92 Å². The van der Waals surface area contributed by atoms with E-state index < -0.39 is 6.10 Å². The number of amides is 1. The zero-order valence-electron chi connectivity index (χ0n) is 11.1. The minimum atomic E-state index is -0.888. The molecule has 2 aromatic rings. The predicted molar refractivity (Wildman–Crippen MR) is 71.4 cm³/mol. The van der Waals surface area contributed by atoms with Gasteiger partial charge in [0.05, 0.1) is 19.4 Å². The van der Waals surface area contributed by atoms with Gasteiger partial charge in [-0.2, -0.15) is 0 Å². The number of aromatic nitrogens is 1. The van der Waals surface area contributed by atoms with Crippen LogP contribution in [0.4, 0.5) is 0 Å². The van der Waals surface area contributed by atoms with Gasteiger partial charge in [-0.05, 0) is 31.2 Å². The minimum Gasteiger partial charge on any atom is -0.477 e. The zero-order chi connectivity index (χ0) is 14.4. The molecule has 1 atom stereocenters. The van der Waals surface area contributed by atoms with Gasteiger partial charge in [-0.1, -0.05) is 0 Å². The Kier molecular flexibility index (Phi) is 4.73. The molecule has 1 unspecified atom stereocenters. The molecule has 0 fully saturated rings. The molecule has 0 aliphatic rings. The molecule has 0 saturated heterocycles. The molecule has 0 bridgehead atoms. The first kappa shape index (κ1) is 14.1. The summed E-state index contributed by atoms with van der Waals surface area (Å²) in [7, 11) is 0. The van der Waals surface area contributed by atoms with Crippen LogP contribution in [0.25, 0.3) is 0 Å². The second-order valence-corrected chi connectivity index (χ2v) is 4.03. The topological polar surface area (TPSA) is 84.6 Å². The maximum absolute atomic E-state index is 12.0. The molecule has 0 radical (unpaired) electrons. The summed E-state index contributed by atoms with van der Waals surface area (Å²) in [5.41, 5.74) is 0.334. The fourth-order valence-electron chi connectivity index (χ4n) is 1.68. The van der Waals surface area contributed by atoms with Crippen LogP contribution in [0.3, 0.4) is 0 Å². The third-order valence-corrected chi connectivity index (χ3v) is 2.62. The van der Waals surface area contributed by atoms with E-state index in [1.54, 1.807) is 30.5 Å². The van der Waals surface area contributed by atoms with Crippen LogP contribution in [0.2, 0.25) is 0 Å². The maximum Gasteiger partial charge on any atom is 0.256 e. The first-order valence-electron chi connectivity index (χ1n) is 6.30. The molecule has 1 amide bonds. The molecule has 0 aliphatic heterocycles. The molecule has 2 aromatic heterocycles. The fraction of sp³-hybridized carbons (Fsp3) is 0.286. The number of rotatable bonds is 6. The molecular formula is C14H16N2O4. The SMILES string of the molecule is CCOc1ncccc1C(=O)NCC(O)c1ccco1. The normalized spacial score (nSPS) is 11.9. The monoisotopic (exact) mass is 276 g/mol. The maximum atomic E-state index is 12.0. The van der Waals surface area contributed by atoms with Crippen molar-refractivity contribution < 1.29 is 19.1 Å². The van der Waals surface area contributed by atoms with Gasteiger partial charge >= 0.3 is 0 Å². The summed E-state index contributed by atoms with van der Waals surface area (Å²) < 4.78 is 10.3. The summed E-state index contributed by atoms with van der Waals surface area (Å²) in [6.45, 7) is 2.29. The van der Waals surface area contributed by atoms with E-state index in [2.05, 4.69) is 10.3 Å². The van der Waals surface area contributed by atoms with Crippen LogP contribution in [0, 0.1) is 0 Å². The molecule has 0 aliphatic carbocycles. The molecule has 6 heteroatoms. The smallest absolute Gasteiger partial charge is 0.256 e. The van der Waals surface area contributed by atoms with Crippen LogP contribution >= 0.6 is 0 Å². The van der Waals surface area contributed by atoms with Gasteiger partial charge in [0.1, 0.15) is 17.4 Å². The van der Waals surface area contributed by atoms with Gasteiger partial charge in [-0.3, -0.25) is 4.79 Å². The van der Waals surface area contributed by atoms with Crippen LogP contribution in [0.15, 0.2) is 41.1 Å².